The Morgan fingerprint density at radius 3 is 2.83 bits per heavy atom. The van der Waals surface area contributed by atoms with E-state index in [2.05, 4.69) is 10.3 Å². The smallest absolute Gasteiger partial charge is 0.256 e. The number of methoxy groups -OCH3 is 1. The van der Waals surface area contributed by atoms with Gasteiger partial charge < -0.3 is 10.1 Å². The molecule has 1 N–H and O–H groups in total. The van der Waals surface area contributed by atoms with Gasteiger partial charge in [0.15, 0.2) is 0 Å². The molecular weight excluding hydrogens is 307 g/mol. The number of carbonyl (C=O) groups excluding carboxylic acids is 1. The molecule has 24 heavy (non-hydrogen) atoms. The van der Waals surface area contributed by atoms with Crippen LogP contribution in [0.5, 0.6) is 5.75 Å². The molecule has 0 bridgehead atoms. The van der Waals surface area contributed by atoms with E-state index in [9.17, 15) is 9.18 Å². The average molecular weight is 322 g/mol. The number of fused-ring (bicyclic) bond motifs is 2. The van der Waals surface area contributed by atoms with E-state index < -0.39 is 11.7 Å². The number of rotatable bonds is 2. The van der Waals surface area contributed by atoms with Crippen molar-refractivity contribution in [3.8, 4) is 16.9 Å². The predicted molar refractivity (Wildman–Crippen MR) is 89.6 cm³/mol. The maximum atomic E-state index is 14.8. The van der Waals surface area contributed by atoms with Gasteiger partial charge in [-0.2, -0.15) is 0 Å². The van der Waals surface area contributed by atoms with Crippen LogP contribution in [0.3, 0.4) is 0 Å². The van der Waals surface area contributed by atoms with Crippen LogP contribution in [0.25, 0.3) is 22.0 Å². The van der Waals surface area contributed by atoms with Crippen LogP contribution in [-0.4, -0.2) is 18.0 Å². The molecule has 4 nitrogen and oxygen atoms in total. The predicted octanol–water partition coefficient (Wildman–Crippen LogP) is 3.60. The molecule has 0 saturated heterocycles. The van der Waals surface area contributed by atoms with Crippen molar-refractivity contribution < 1.29 is 13.9 Å². The molecule has 0 aliphatic carbocycles. The quantitative estimate of drug-likeness (QED) is 0.784. The molecule has 1 aliphatic heterocycles. The Kier molecular flexibility index (Phi) is 3.23. The highest BCUT2D eigenvalue weighted by Crippen LogP contribution is 2.37. The number of hydrogen-bond donors (Lipinski definition) is 1. The third-order valence-corrected chi connectivity index (χ3v) is 4.32. The molecule has 1 aromatic heterocycles. The second-order valence-electron chi connectivity index (χ2n) is 5.84. The third kappa shape index (κ3) is 2.05. The molecule has 2 heterocycles. The SMILES string of the molecule is COc1ccc(C)cc1-c1cccc2c(F)c3c(nc12)CNC3=O. The van der Waals surface area contributed by atoms with Gasteiger partial charge in [0, 0.05) is 16.5 Å². The highest BCUT2D eigenvalue weighted by atomic mass is 19.1. The lowest BCUT2D eigenvalue weighted by Gasteiger charge is -2.13. The molecule has 0 radical (unpaired) electrons. The zero-order valence-corrected chi connectivity index (χ0v) is 13.3. The van der Waals surface area contributed by atoms with Crippen LogP contribution in [-0.2, 0) is 6.54 Å². The Labute approximate surface area is 138 Å². The van der Waals surface area contributed by atoms with Crippen LogP contribution < -0.4 is 10.1 Å². The summed E-state index contributed by atoms with van der Waals surface area (Å²) >= 11 is 0. The summed E-state index contributed by atoms with van der Waals surface area (Å²) in [5.74, 6) is -0.223. The topological polar surface area (TPSA) is 51.2 Å². The highest BCUT2D eigenvalue weighted by molar-refractivity contribution is 6.04. The Morgan fingerprint density at radius 2 is 2.04 bits per heavy atom. The summed E-state index contributed by atoms with van der Waals surface area (Å²) in [5.41, 5.74) is 3.75. The second kappa shape index (κ2) is 5.30. The van der Waals surface area contributed by atoms with Crippen molar-refractivity contribution in [1.29, 1.82) is 0 Å². The van der Waals surface area contributed by atoms with Gasteiger partial charge in [0.25, 0.3) is 5.91 Å². The van der Waals surface area contributed by atoms with Crippen LogP contribution in [0.4, 0.5) is 4.39 Å². The van der Waals surface area contributed by atoms with Crippen LogP contribution in [0.1, 0.15) is 21.6 Å². The molecule has 120 valence electrons. The first-order chi connectivity index (χ1) is 11.6. The monoisotopic (exact) mass is 322 g/mol. The molecule has 0 unspecified atom stereocenters. The lowest BCUT2D eigenvalue weighted by Crippen LogP contribution is -2.13. The molecule has 0 spiro atoms. The van der Waals surface area contributed by atoms with Crippen LogP contribution in [0.2, 0.25) is 0 Å². The van der Waals surface area contributed by atoms with Crippen molar-refractivity contribution in [3.63, 3.8) is 0 Å². The zero-order valence-electron chi connectivity index (χ0n) is 13.3. The number of ether oxygens (including phenoxy) is 1. The van der Waals surface area contributed by atoms with Gasteiger partial charge in [-0.1, -0.05) is 23.8 Å². The number of benzene rings is 2. The number of carbonyl (C=O) groups is 1. The number of pyridine rings is 1. The summed E-state index contributed by atoms with van der Waals surface area (Å²) in [6.45, 7) is 2.24. The number of hydrogen-bond acceptors (Lipinski definition) is 3. The number of aryl methyl sites for hydroxylation is 1. The fourth-order valence-electron chi connectivity index (χ4n) is 3.15. The second-order valence-corrected chi connectivity index (χ2v) is 5.84. The largest absolute Gasteiger partial charge is 0.496 e. The molecule has 0 saturated carbocycles. The Bertz CT molecular complexity index is 998. The maximum absolute atomic E-state index is 14.8. The van der Waals surface area contributed by atoms with Crippen molar-refractivity contribution >= 4 is 16.8 Å². The van der Waals surface area contributed by atoms with Crippen LogP contribution in [0.15, 0.2) is 36.4 Å². The molecule has 0 fully saturated rings. The van der Waals surface area contributed by atoms with Crippen molar-refractivity contribution in [2.24, 2.45) is 0 Å². The third-order valence-electron chi connectivity index (χ3n) is 4.32. The number of aromatic nitrogens is 1. The van der Waals surface area contributed by atoms with Gasteiger partial charge in [0.2, 0.25) is 0 Å². The van der Waals surface area contributed by atoms with Gasteiger partial charge in [-0.3, -0.25) is 4.79 Å². The van der Waals surface area contributed by atoms with Gasteiger partial charge in [0.1, 0.15) is 11.6 Å². The number of halogens is 1. The summed E-state index contributed by atoms with van der Waals surface area (Å²) in [6.07, 6.45) is 0. The number of nitrogens with one attached hydrogen (secondary N) is 1. The van der Waals surface area contributed by atoms with E-state index in [1.807, 2.05) is 31.2 Å². The van der Waals surface area contributed by atoms with Crippen molar-refractivity contribution in [2.45, 2.75) is 13.5 Å². The van der Waals surface area contributed by atoms with E-state index in [1.54, 1.807) is 19.2 Å². The lowest BCUT2D eigenvalue weighted by atomic mass is 9.98. The van der Waals surface area contributed by atoms with E-state index in [1.165, 1.54) is 0 Å². The van der Waals surface area contributed by atoms with Crippen molar-refractivity contribution in [2.75, 3.05) is 7.11 Å². The minimum absolute atomic E-state index is 0.0517. The number of amides is 1. The Morgan fingerprint density at radius 1 is 1.21 bits per heavy atom. The first kappa shape index (κ1) is 14.6. The first-order valence-corrected chi connectivity index (χ1v) is 7.64. The summed E-state index contributed by atoms with van der Waals surface area (Å²) in [5, 5.41) is 2.97. The normalized spacial score (nSPS) is 13.0. The summed E-state index contributed by atoms with van der Waals surface area (Å²) < 4.78 is 20.3. The molecule has 1 aliphatic rings. The fraction of sp³-hybridized carbons (Fsp3) is 0.158. The molecule has 4 rings (SSSR count). The molecule has 1 amide bonds. The lowest BCUT2D eigenvalue weighted by molar-refractivity contribution is 0.0962. The van der Waals surface area contributed by atoms with Gasteiger partial charge in [-0.25, -0.2) is 9.37 Å². The van der Waals surface area contributed by atoms with E-state index in [0.29, 0.717) is 22.3 Å². The molecule has 3 aromatic rings. The summed E-state index contributed by atoms with van der Waals surface area (Å²) in [7, 11) is 1.60. The Hall–Kier alpha value is -2.95. The molecular formula is C19H15FN2O2. The minimum Gasteiger partial charge on any atom is -0.496 e. The van der Waals surface area contributed by atoms with Gasteiger partial charge in [-0.15, -0.1) is 0 Å². The molecule has 0 atom stereocenters. The minimum atomic E-state index is -0.515. The zero-order chi connectivity index (χ0) is 16.8. The standard InChI is InChI=1S/C19H15FN2O2/c1-10-6-7-15(24-2)13(8-10)11-4-3-5-12-17(20)16-14(22-18(11)12)9-21-19(16)23/h3-8H,9H2,1-2H3,(H,21,23). The first-order valence-electron chi connectivity index (χ1n) is 7.64. The van der Waals surface area contributed by atoms with E-state index in [0.717, 1.165) is 16.7 Å². The van der Waals surface area contributed by atoms with Crippen molar-refractivity contribution in [3.05, 3.63) is 59.0 Å². The van der Waals surface area contributed by atoms with E-state index in [-0.39, 0.29) is 12.1 Å². The van der Waals surface area contributed by atoms with Crippen LogP contribution >= 0.6 is 0 Å². The van der Waals surface area contributed by atoms with Crippen LogP contribution in [0, 0.1) is 12.7 Å². The highest BCUT2D eigenvalue weighted by Gasteiger charge is 2.27. The fourth-order valence-corrected chi connectivity index (χ4v) is 3.15. The number of para-hydroxylation sites is 1. The van der Waals surface area contributed by atoms with Gasteiger partial charge in [0.05, 0.1) is 30.4 Å². The van der Waals surface area contributed by atoms with Gasteiger partial charge in [-0.05, 0) is 25.1 Å². The van der Waals surface area contributed by atoms with Gasteiger partial charge >= 0.3 is 0 Å². The summed E-state index contributed by atoms with van der Waals surface area (Å²) in [6, 6.07) is 11.1. The van der Waals surface area contributed by atoms with E-state index >= 15 is 0 Å². The summed E-state index contributed by atoms with van der Waals surface area (Å²) in [4.78, 5) is 16.4. The molecule has 5 heteroatoms. The van der Waals surface area contributed by atoms with E-state index in [4.69, 9.17) is 4.74 Å². The molecule has 2 aromatic carbocycles. The Balaban J connectivity index is 2.07. The maximum Gasteiger partial charge on any atom is 0.256 e. The van der Waals surface area contributed by atoms with Crippen molar-refractivity contribution in [1.82, 2.24) is 10.3 Å². The number of nitrogens with zero attached hydrogens (tertiary/aromatic N) is 1. The average Bonchev–Trinajstić information content (AvgIpc) is 2.96.